The summed E-state index contributed by atoms with van der Waals surface area (Å²) >= 11 is 8.78. The molecule has 1 unspecified atom stereocenters. The van der Waals surface area contributed by atoms with Crippen LogP contribution >= 0.6 is 47.8 Å². The van der Waals surface area contributed by atoms with Crippen molar-refractivity contribution >= 4 is 58.6 Å². The van der Waals surface area contributed by atoms with Crippen molar-refractivity contribution in [1.29, 1.82) is 0 Å². The minimum atomic E-state index is -6.55. The average Bonchev–Trinajstić information content (AvgIpc) is 2.43. The zero-order valence-corrected chi connectivity index (χ0v) is 17.2. The Hall–Kier alpha value is 0.320. The van der Waals surface area contributed by atoms with Gasteiger partial charge in [-0.1, -0.05) is 29.3 Å². The molecule has 0 N–H and O–H groups in total. The molecule has 1 aromatic rings. The fourth-order valence-electron chi connectivity index (χ4n) is 1.70. The zero-order valence-electron chi connectivity index (χ0n) is 11.6. The second-order valence-corrected chi connectivity index (χ2v) is 8.53. The molecule has 0 amide bonds. The lowest BCUT2D eigenvalue weighted by Crippen LogP contribution is -2.54. The lowest BCUT2D eigenvalue weighted by Gasteiger charge is -2.28. The van der Waals surface area contributed by atoms with Gasteiger partial charge in [0, 0.05) is 13.4 Å². The quantitative estimate of drug-likeness (QED) is 0.279. The van der Waals surface area contributed by atoms with E-state index < -0.39 is 33.0 Å². The van der Waals surface area contributed by atoms with Gasteiger partial charge < -0.3 is 0 Å². The van der Waals surface area contributed by atoms with E-state index in [9.17, 15) is 34.9 Å². The van der Waals surface area contributed by atoms with Crippen LogP contribution < -0.4 is 0 Å². The number of benzene rings is 1. The van der Waals surface area contributed by atoms with E-state index >= 15 is 0 Å². The molecule has 0 aromatic heterocycles. The second kappa shape index (κ2) is 7.51. The van der Waals surface area contributed by atoms with Crippen LogP contribution in [0.15, 0.2) is 24.4 Å². The van der Waals surface area contributed by atoms with E-state index in [0.717, 1.165) is 0 Å². The molecule has 1 rings (SSSR count). The number of hydrogen-bond acceptors (Lipinski definition) is 1. The van der Waals surface area contributed by atoms with Crippen molar-refractivity contribution in [3.05, 3.63) is 25.0 Å². The fraction of sp³-hybridized carbons (Fsp3) is 0.500. The van der Waals surface area contributed by atoms with Crippen LogP contribution in [0.2, 0.25) is 0 Å². The molecule has 0 heterocycles. The molecule has 0 aliphatic heterocycles. The number of hydrogen-bond donors (Lipinski definition) is 0. The Kier molecular flexibility index (Phi) is 7.00. The van der Waals surface area contributed by atoms with E-state index in [1.54, 1.807) is 6.92 Å². The summed E-state index contributed by atoms with van der Waals surface area (Å²) in [5, 5.41) is -5.85. The van der Waals surface area contributed by atoms with Crippen molar-refractivity contribution in [2.75, 3.05) is 0 Å². The molecule has 1 atom stereocenters. The Balaban J connectivity index is 3.64. The maximum Gasteiger partial charge on any atom is 0.461 e. The first-order valence-corrected chi connectivity index (χ1v) is 9.63. The smallest absolute Gasteiger partial charge is 0.248 e. The van der Waals surface area contributed by atoms with Crippen molar-refractivity contribution in [2.24, 2.45) is 0 Å². The largest absolute Gasteiger partial charge is 0.461 e. The van der Waals surface area contributed by atoms with Crippen molar-refractivity contribution in [3.8, 4) is 0 Å². The van der Waals surface area contributed by atoms with Gasteiger partial charge in [0.1, 0.15) is 10.8 Å². The molecule has 12 heteroatoms. The van der Waals surface area contributed by atoms with E-state index in [4.69, 9.17) is 0 Å². The monoisotopic (exact) mass is 570 g/mol. The molecule has 1 aromatic carbocycles. The van der Waals surface area contributed by atoms with Crippen molar-refractivity contribution in [1.82, 2.24) is 0 Å². The van der Waals surface area contributed by atoms with Gasteiger partial charge in [-0.2, -0.15) is 30.7 Å². The molecule has 1 nitrogen and oxygen atoms in total. The summed E-state index contributed by atoms with van der Waals surface area (Å²) in [4.78, 5) is -0.813. The SMILES string of the molecule is CCCc1c(Br)cc(Br)c(Br)c1S(=O)C(F)(F)C(F)(F)C(F)(F)F. The molecular formula is C12H8Br3F7OS. The van der Waals surface area contributed by atoms with Crippen LogP contribution in [0, 0.1) is 0 Å². The number of rotatable bonds is 5. The molecular weight excluding hydrogens is 565 g/mol. The second-order valence-electron chi connectivity index (χ2n) is 4.57. The van der Waals surface area contributed by atoms with Crippen LogP contribution in [-0.2, 0) is 17.2 Å². The molecule has 0 fully saturated rings. The van der Waals surface area contributed by atoms with Crippen LogP contribution in [0.1, 0.15) is 18.9 Å². The standard InChI is InChI=1S/C12H8Br3F7OS/c1-2-3-5-6(13)4-7(14)8(15)9(5)24(23)12(21,22)10(16,17)11(18,19)20/h4H,2-3H2,1H3. The normalized spacial score (nSPS) is 14.8. The number of alkyl halides is 7. The third-order valence-electron chi connectivity index (χ3n) is 2.86. The molecule has 0 bridgehead atoms. The third kappa shape index (κ3) is 3.85. The van der Waals surface area contributed by atoms with Crippen molar-refractivity contribution in [3.63, 3.8) is 0 Å². The highest BCUT2D eigenvalue weighted by Gasteiger charge is 2.76. The van der Waals surface area contributed by atoms with Gasteiger partial charge in [-0.3, -0.25) is 0 Å². The minimum absolute atomic E-state index is 0.0384. The lowest BCUT2D eigenvalue weighted by molar-refractivity contribution is -0.331. The first-order chi connectivity index (χ1) is 10.7. The Morgan fingerprint density at radius 1 is 1.00 bits per heavy atom. The first-order valence-electron chi connectivity index (χ1n) is 6.10. The Morgan fingerprint density at radius 3 is 1.92 bits per heavy atom. The van der Waals surface area contributed by atoms with Gasteiger partial charge >= 0.3 is 17.4 Å². The Morgan fingerprint density at radius 2 is 1.50 bits per heavy atom. The van der Waals surface area contributed by atoms with Gasteiger partial charge in [0.05, 0.1) is 4.90 Å². The van der Waals surface area contributed by atoms with Crippen molar-refractivity contribution in [2.45, 2.75) is 42.0 Å². The topological polar surface area (TPSA) is 17.1 Å². The predicted molar refractivity (Wildman–Crippen MR) is 85.9 cm³/mol. The molecule has 0 saturated heterocycles. The highest BCUT2D eigenvalue weighted by Crippen LogP contribution is 2.51. The molecule has 138 valence electrons. The minimum Gasteiger partial charge on any atom is -0.248 e. The van der Waals surface area contributed by atoms with E-state index in [0.29, 0.717) is 6.42 Å². The molecule has 0 aliphatic rings. The van der Waals surface area contributed by atoms with Gasteiger partial charge in [-0.05, 0) is 49.9 Å². The zero-order chi connectivity index (χ0) is 19.1. The van der Waals surface area contributed by atoms with Crippen LogP contribution in [-0.4, -0.2) is 21.6 Å². The highest BCUT2D eigenvalue weighted by molar-refractivity contribution is 9.13. The molecule has 0 aliphatic carbocycles. The molecule has 24 heavy (non-hydrogen) atoms. The fourth-order valence-corrected chi connectivity index (χ4v) is 5.43. The molecule has 0 radical (unpaired) electrons. The Labute approximate surface area is 160 Å². The van der Waals surface area contributed by atoms with Gasteiger partial charge in [0.15, 0.2) is 0 Å². The van der Waals surface area contributed by atoms with Crippen LogP contribution in [0.25, 0.3) is 0 Å². The maximum absolute atomic E-state index is 13.8. The van der Waals surface area contributed by atoms with Gasteiger partial charge in [-0.15, -0.1) is 0 Å². The van der Waals surface area contributed by atoms with Gasteiger partial charge in [0.25, 0.3) is 0 Å². The summed E-state index contributed by atoms with van der Waals surface area (Å²) < 4.78 is 103. The van der Waals surface area contributed by atoms with Crippen molar-refractivity contribution < 1.29 is 34.9 Å². The summed E-state index contributed by atoms with van der Waals surface area (Å²) in [5.74, 6) is -6.46. The summed E-state index contributed by atoms with van der Waals surface area (Å²) in [6, 6.07) is 1.38. The average molecular weight is 573 g/mol. The van der Waals surface area contributed by atoms with E-state index in [-0.39, 0.29) is 25.4 Å². The van der Waals surface area contributed by atoms with Crippen LogP contribution in [0.5, 0.6) is 0 Å². The maximum atomic E-state index is 13.8. The van der Waals surface area contributed by atoms with E-state index in [1.165, 1.54) is 6.07 Å². The molecule has 0 spiro atoms. The Bertz CT molecular complexity index is 661. The lowest BCUT2D eigenvalue weighted by atomic mass is 10.1. The summed E-state index contributed by atoms with van der Waals surface area (Å²) in [7, 11) is -3.97. The van der Waals surface area contributed by atoms with Gasteiger partial charge in [-0.25, -0.2) is 4.21 Å². The van der Waals surface area contributed by atoms with Crippen LogP contribution in [0.4, 0.5) is 30.7 Å². The summed E-state index contributed by atoms with van der Waals surface area (Å²) in [6.45, 7) is 1.64. The predicted octanol–water partition coefficient (Wildman–Crippen LogP) is 6.82. The number of halogens is 10. The highest BCUT2D eigenvalue weighted by atomic mass is 79.9. The van der Waals surface area contributed by atoms with E-state index in [1.807, 2.05) is 0 Å². The van der Waals surface area contributed by atoms with E-state index in [2.05, 4.69) is 47.8 Å². The first kappa shape index (κ1) is 22.4. The van der Waals surface area contributed by atoms with Gasteiger partial charge in [0.2, 0.25) is 0 Å². The summed E-state index contributed by atoms with van der Waals surface area (Å²) in [5.41, 5.74) is -0.0384. The van der Waals surface area contributed by atoms with Crippen LogP contribution in [0.3, 0.4) is 0 Å². The third-order valence-corrected chi connectivity index (χ3v) is 7.36. The summed E-state index contributed by atoms with van der Waals surface area (Å²) in [6.07, 6.45) is -6.15. The molecule has 0 saturated carbocycles.